The molecule has 0 aliphatic heterocycles. The molecule has 144 valence electrons. The molecule has 2 nitrogen and oxygen atoms in total. The van der Waals surface area contributed by atoms with Crippen molar-refractivity contribution in [3.8, 4) is 0 Å². The van der Waals surface area contributed by atoms with E-state index in [2.05, 4.69) is 40.7 Å². The number of hydrogen-bond donors (Lipinski definition) is 0. The summed E-state index contributed by atoms with van der Waals surface area (Å²) in [6.45, 7) is 16.8. The minimum Gasteiger partial charge on any atom is -0.351 e. The number of hydrogen-bond acceptors (Lipinski definition) is 2. The summed E-state index contributed by atoms with van der Waals surface area (Å²) in [6, 6.07) is 0. The summed E-state index contributed by atoms with van der Waals surface area (Å²) in [5.74, 6) is 1.29. The molecule has 0 aliphatic rings. The van der Waals surface area contributed by atoms with Gasteiger partial charge in [0.05, 0.1) is 0 Å². The average molecular weight is 341 g/mol. The SMILES string of the molecule is CCOC(C)(CCC=C(C)CCCC(C)CCCC(C)C)OCC. The van der Waals surface area contributed by atoms with Crippen LogP contribution in [-0.2, 0) is 9.47 Å². The summed E-state index contributed by atoms with van der Waals surface area (Å²) < 4.78 is 11.5. The summed E-state index contributed by atoms with van der Waals surface area (Å²) in [5.41, 5.74) is 1.51. The molecule has 0 aromatic rings. The molecule has 0 saturated carbocycles. The van der Waals surface area contributed by atoms with E-state index in [1.54, 1.807) is 0 Å². The van der Waals surface area contributed by atoms with Crippen LogP contribution in [0, 0.1) is 11.8 Å². The van der Waals surface area contributed by atoms with Crippen molar-refractivity contribution in [2.45, 2.75) is 106 Å². The molecule has 1 unspecified atom stereocenters. The Balaban J connectivity index is 3.93. The van der Waals surface area contributed by atoms with Gasteiger partial charge in [0, 0.05) is 19.6 Å². The van der Waals surface area contributed by atoms with Gasteiger partial charge in [-0.05, 0) is 58.8 Å². The molecule has 1 atom stereocenters. The van der Waals surface area contributed by atoms with Gasteiger partial charge in [0.15, 0.2) is 5.79 Å². The van der Waals surface area contributed by atoms with E-state index in [0.29, 0.717) is 13.2 Å². The lowest BCUT2D eigenvalue weighted by Crippen LogP contribution is -2.32. The van der Waals surface area contributed by atoms with Crippen LogP contribution in [0.1, 0.15) is 99.8 Å². The largest absolute Gasteiger partial charge is 0.351 e. The monoisotopic (exact) mass is 340 g/mol. The first-order valence-electron chi connectivity index (χ1n) is 10.3. The molecule has 0 aromatic heterocycles. The molecule has 0 aromatic carbocycles. The van der Waals surface area contributed by atoms with E-state index < -0.39 is 5.79 Å². The quantitative estimate of drug-likeness (QED) is 0.233. The van der Waals surface area contributed by atoms with E-state index in [1.807, 2.05) is 13.8 Å². The van der Waals surface area contributed by atoms with Crippen molar-refractivity contribution in [3.05, 3.63) is 11.6 Å². The molecular formula is C22H44O2. The van der Waals surface area contributed by atoms with Crippen LogP contribution in [0.15, 0.2) is 11.6 Å². The molecule has 0 radical (unpaired) electrons. The average Bonchev–Trinajstić information content (AvgIpc) is 2.47. The van der Waals surface area contributed by atoms with Crippen LogP contribution in [-0.4, -0.2) is 19.0 Å². The van der Waals surface area contributed by atoms with Crippen LogP contribution in [0.3, 0.4) is 0 Å². The van der Waals surface area contributed by atoms with Crippen LogP contribution in [0.4, 0.5) is 0 Å². The Hall–Kier alpha value is -0.340. The topological polar surface area (TPSA) is 18.5 Å². The molecule has 0 fully saturated rings. The molecule has 0 spiro atoms. The van der Waals surface area contributed by atoms with Gasteiger partial charge in [0.25, 0.3) is 0 Å². The minimum atomic E-state index is -0.425. The zero-order chi connectivity index (χ0) is 18.4. The van der Waals surface area contributed by atoms with Crippen molar-refractivity contribution in [2.24, 2.45) is 11.8 Å². The molecule has 24 heavy (non-hydrogen) atoms. The summed E-state index contributed by atoms with van der Waals surface area (Å²) in [5, 5.41) is 0. The maximum atomic E-state index is 5.77. The molecular weight excluding hydrogens is 296 g/mol. The van der Waals surface area contributed by atoms with Gasteiger partial charge in [-0.2, -0.15) is 0 Å². The second-order valence-electron chi connectivity index (χ2n) is 7.91. The van der Waals surface area contributed by atoms with Crippen molar-refractivity contribution >= 4 is 0 Å². The van der Waals surface area contributed by atoms with Crippen LogP contribution < -0.4 is 0 Å². The Labute approximate surface area is 152 Å². The van der Waals surface area contributed by atoms with Gasteiger partial charge in [-0.15, -0.1) is 0 Å². The summed E-state index contributed by atoms with van der Waals surface area (Å²) in [6.07, 6.45) is 12.4. The highest BCUT2D eigenvalue weighted by Gasteiger charge is 2.23. The Kier molecular flexibility index (Phi) is 13.7. The van der Waals surface area contributed by atoms with Crippen molar-refractivity contribution < 1.29 is 9.47 Å². The van der Waals surface area contributed by atoms with Crippen LogP contribution in [0.5, 0.6) is 0 Å². The third-order valence-corrected chi connectivity index (χ3v) is 4.74. The maximum absolute atomic E-state index is 5.77. The zero-order valence-electron chi connectivity index (χ0n) is 17.6. The number of allylic oxidation sites excluding steroid dienone is 2. The number of ether oxygens (including phenoxy) is 2. The lowest BCUT2D eigenvalue weighted by Gasteiger charge is -2.28. The normalized spacial score (nSPS) is 14.4. The van der Waals surface area contributed by atoms with Crippen molar-refractivity contribution in [1.82, 2.24) is 0 Å². The van der Waals surface area contributed by atoms with Crippen LogP contribution >= 0.6 is 0 Å². The first-order chi connectivity index (χ1) is 11.3. The molecule has 0 bridgehead atoms. The van der Waals surface area contributed by atoms with E-state index in [0.717, 1.165) is 24.7 Å². The van der Waals surface area contributed by atoms with Crippen molar-refractivity contribution in [2.75, 3.05) is 13.2 Å². The Morgan fingerprint density at radius 3 is 2.08 bits per heavy atom. The minimum absolute atomic E-state index is 0.425. The molecule has 0 amide bonds. The smallest absolute Gasteiger partial charge is 0.165 e. The Morgan fingerprint density at radius 2 is 1.54 bits per heavy atom. The van der Waals surface area contributed by atoms with Gasteiger partial charge in [-0.25, -0.2) is 0 Å². The third-order valence-electron chi connectivity index (χ3n) is 4.74. The van der Waals surface area contributed by atoms with Gasteiger partial charge in [0.1, 0.15) is 0 Å². The Morgan fingerprint density at radius 1 is 0.958 bits per heavy atom. The highest BCUT2D eigenvalue weighted by atomic mass is 16.7. The Bertz CT molecular complexity index is 314. The third kappa shape index (κ3) is 13.0. The fourth-order valence-electron chi connectivity index (χ4n) is 3.23. The predicted octanol–water partition coefficient (Wildman–Crippen LogP) is 7.13. The van der Waals surface area contributed by atoms with Gasteiger partial charge >= 0.3 is 0 Å². The second-order valence-corrected chi connectivity index (χ2v) is 7.91. The van der Waals surface area contributed by atoms with E-state index >= 15 is 0 Å². The number of rotatable bonds is 15. The van der Waals surface area contributed by atoms with E-state index in [4.69, 9.17) is 9.47 Å². The molecule has 0 N–H and O–H groups in total. The molecule has 0 rings (SSSR count). The van der Waals surface area contributed by atoms with Gasteiger partial charge in [-0.3, -0.25) is 0 Å². The summed E-state index contributed by atoms with van der Waals surface area (Å²) >= 11 is 0. The highest BCUT2D eigenvalue weighted by molar-refractivity contribution is 4.98. The van der Waals surface area contributed by atoms with Crippen molar-refractivity contribution in [1.29, 1.82) is 0 Å². The predicted molar refractivity (Wildman–Crippen MR) is 106 cm³/mol. The summed E-state index contributed by atoms with van der Waals surface area (Å²) in [7, 11) is 0. The van der Waals surface area contributed by atoms with Gasteiger partial charge < -0.3 is 9.47 Å². The zero-order valence-corrected chi connectivity index (χ0v) is 17.6. The maximum Gasteiger partial charge on any atom is 0.165 e. The van der Waals surface area contributed by atoms with Gasteiger partial charge in [0.2, 0.25) is 0 Å². The van der Waals surface area contributed by atoms with E-state index in [9.17, 15) is 0 Å². The fourth-order valence-corrected chi connectivity index (χ4v) is 3.23. The van der Waals surface area contributed by atoms with E-state index in [-0.39, 0.29) is 0 Å². The molecule has 0 aliphatic carbocycles. The summed E-state index contributed by atoms with van der Waals surface area (Å²) in [4.78, 5) is 0. The second kappa shape index (κ2) is 13.9. The van der Waals surface area contributed by atoms with Crippen molar-refractivity contribution in [3.63, 3.8) is 0 Å². The van der Waals surface area contributed by atoms with E-state index in [1.165, 1.54) is 44.1 Å². The lowest BCUT2D eigenvalue weighted by atomic mass is 9.94. The molecule has 2 heteroatoms. The molecule has 0 saturated heterocycles. The van der Waals surface area contributed by atoms with Crippen LogP contribution in [0.2, 0.25) is 0 Å². The standard InChI is InChI=1S/C22H44O2/c1-8-23-22(7,24-9-2)18-12-17-21(6)16-11-15-20(5)14-10-13-19(3)4/h17,19-20H,8-16,18H2,1-7H3. The fraction of sp³-hybridized carbons (Fsp3) is 0.909. The highest BCUT2D eigenvalue weighted by Crippen LogP contribution is 2.22. The first-order valence-corrected chi connectivity index (χ1v) is 10.3. The first kappa shape index (κ1) is 23.7. The lowest BCUT2D eigenvalue weighted by molar-refractivity contribution is -0.223. The molecule has 0 heterocycles. The van der Waals surface area contributed by atoms with Gasteiger partial charge in [-0.1, -0.05) is 58.1 Å². The van der Waals surface area contributed by atoms with Crippen LogP contribution in [0.25, 0.3) is 0 Å².